The van der Waals surface area contributed by atoms with Crippen molar-refractivity contribution in [2.45, 2.75) is 26.0 Å². The monoisotopic (exact) mass is 440 g/mol. The van der Waals surface area contributed by atoms with E-state index in [-0.39, 0.29) is 30.6 Å². The van der Waals surface area contributed by atoms with Crippen LogP contribution in [0.1, 0.15) is 24.2 Å². The molecule has 2 aromatic rings. The number of carbonyl (C=O) groups is 2. The van der Waals surface area contributed by atoms with Crippen LogP contribution in [0.4, 0.5) is 16.2 Å². The third kappa shape index (κ3) is 5.57. The molecule has 3 rings (SSSR count). The molecule has 32 heavy (non-hydrogen) atoms. The van der Waals surface area contributed by atoms with E-state index in [0.717, 1.165) is 0 Å². The zero-order valence-corrected chi connectivity index (χ0v) is 19.0. The maximum atomic E-state index is 13.4. The van der Waals surface area contributed by atoms with Gasteiger partial charge in [0.05, 0.1) is 23.9 Å². The van der Waals surface area contributed by atoms with Crippen molar-refractivity contribution in [3.8, 4) is 5.75 Å². The van der Waals surface area contributed by atoms with E-state index in [1.54, 1.807) is 35.2 Å². The summed E-state index contributed by atoms with van der Waals surface area (Å²) in [5.41, 5.74) is 1.43. The molecule has 2 aromatic carbocycles. The number of nitrogens with one attached hydrogen (secondary N) is 2. The lowest BCUT2D eigenvalue weighted by atomic mass is 9.99. The molecule has 0 saturated carbocycles. The topological polar surface area (TPSA) is 94.1 Å². The number of aliphatic hydroxyl groups is 1. The molecule has 0 spiro atoms. The van der Waals surface area contributed by atoms with Crippen LogP contribution in [0.25, 0.3) is 0 Å². The highest BCUT2D eigenvalue weighted by molar-refractivity contribution is 6.04. The summed E-state index contributed by atoms with van der Waals surface area (Å²) in [6.07, 6.45) is -0.217. The zero-order chi connectivity index (χ0) is 23.3. The number of aliphatic hydroxyl groups excluding tert-OH is 1. The summed E-state index contributed by atoms with van der Waals surface area (Å²) in [5.74, 6) is 0.118. The Morgan fingerprint density at radius 3 is 2.56 bits per heavy atom. The molecule has 0 saturated heterocycles. The van der Waals surface area contributed by atoms with Gasteiger partial charge in [-0.3, -0.25) is 4.79 Å². The van der Waals surface area contributed by atoms with Crippen molar-refractivity contribution in [3.05, 3.63) is 54.1 Å². The quantitative estimate of drug-likeness (QED) is 0.642. The molecular weight excluding hydrogens is 408 g/mol. The van der Waals surface area contributed by atoms with Crippen LogP contribution in [0, 0.1) is 5.92 Å². The summed E-state index contributed by atoms with van der Waals surface area (Å²) in [4.78, 5) is 29.7. The van der Waals surface area contributed by atoms with Gasteiger partial charge in [0.15, 0.2) is 5.75 Å². The van der Waals surface area contributed by atoms with Crippen LogP contribution < -0.4 is 15.4 Å². The van der Waals surface area contributed by atoms with Gasteiger partial charge in [-0.2, -0.15) is 0 Å². The Morgan fingerprint density at radius 2 is 1.91 bits per heavy atom. The molecule has 0 fully saturated rings. The van der Waals surface area contributed by atoms with Gasteiger partial charge in [-0.1, -0.05) is 31.2 Å². The van der Waals surface area contributed by atoms with Gasteiger partial charge < -0.3 is 30.3 Å². The number of benzene rings is 2. The standard InChI is InChI=1S/C24H32N4O4/c1-16-13-28(17(2)15-29)23(30)19-11-8-12-20(22(19)32-21(16)14-27(3)4)26-24(31)25-18-9-6-5-7-10-18/h5-12,16-17,21,29H,13-15H2,1-4H3,(H2,25,26,31)/t16-,17+,21-/m0/s1. The molecule has 0 radical (unpaired) electrons. The number of fused-ring (bicyclic) bond motifs is 1. The van der Waals surface area contributed by atoms with E-state index in [4.69, 9.17) is 4.74 Å². The largest absolute Gasteiger partial charge is 0.486 e. The van der Waals surface area contributed by atoms with Crippen LogP contribution in [0.5, 0.6) is 5.75 Å². The first kappa shape index (κ1) is 23.6. The first-order valence-corrected chi connectivity index (χ1v) is 10.8. The molecule has 1 aliphatic heterocycles. The Hall–Kier alpha value is -3.10. The Bertz CT molecular complexity index is 935. The number of carbonyl (C=O) groups excluding carboxylic acids is 2. The van der Waals surface area contributed by atoms with E-state index >= 15 is 0 Å². The minimum Gasteiger partial charge on any atom is -0.486 e. The fraction of sp³-hybridized carbons (Fsp3) is 0.417. The van der Waals surface area contributed by atoms with Crippen molar-refractivity contribution in [1.82, 2.24) is 9.80 Å². The van der Waals surface area contributed by atoms with Crippen LogP contribution in [0.3, 0.4) is 0 Å². The molecular formula is C24H32N4O4. The molecule has 3 N–H and O–H groups in total. The molecule has 1 aliphatic rings. The van der Waals surface area contributed by atoms with E-state index in [1.807, 2.05) is 51.0 Å². The second kappa shape index (κ2) is 10.5. The highest BCUT2D eigenvalue weighted by atomic mass is 16.5. The third-order valence-corrected chi connectivity index (χ3v) is 5.52. The number of urea groups is 1. The number of rotatable bonds is 6. The van der Waals surface area contributed by atoms with Crippen molar-refractivity contribution in [2.24, 2.45) is 5.92 Å². The van der Waals surface area contributed by atoms with Gasteiger partial charge in [0.25, 0.3) is 5.91 Å². The van der Waals surface area contributed by atoms with E-state index in [1.165, 1.54) is 0 Å². The van der Waals surface area contributed by atoms with Crippen LogP contribution in [-0.2, 0) is 0 Å². The molecule has 0 unspecified atom stereocenters. The van der Waals surface area contributed by atoms with Crippen molar-refractivity contribution in [3.63, 3.8) is 0 Å². The molecule has 8 heteroatoms. The minimum atomic E-state index is -0.430. The lowest BCUT2D eigenvalue weighted by Gasteiger charge is -2.38. The summed E-state index contributed by atoms with van der Waals surface area (Å²) in [7, 11) is 3.93. The van der Waals surface area contributed by atoms with Gasteiger partial charge in [0.2, 0.25) is 0 Å². The maximum absolute atomic E-state index is 13.4. The molecule has 0 bridgehead atoms. The van der Waals surface area contributed by atoms with E-state index < -0.39 is 6.03 Å². The number of hydrogen-bond acceptors (Lipinski definition) is 5. The van der Waals surface area contributed by atoms with Crippen molar-refractivity contribution >= 4 is 23.3 Å². The van der Waals surface area contributed by atoms with Gasteiger partial charge in [0.1, 0.15) is 6.10 Å². The average molecular weight is 441 g/mol. The van der Waals surface area contributed by atoms with Gasteiger partial charge in [-0.25, -0.2) is 4.79 Å². The fourth-order valence-corrected chi connectivity index (χ4v) is 3.73. The first-order valence-electron chi connectivity index (χ1n) is 10.8. The maximum Gasteiger partial charge on any atom is 0.323 e. The predicted octanol–water partition coefficient (Wildman–Crippen LogP) is 3.11. The number of anilines is 2. The number of nitrogens with zero attached hydrogens (tertiary/aromatic N) is 2. The lowest BCUT2D eigenvalue weighted by molar-refractivity contribution is 0.0365. The SMILES string of the molecule is C[C@H](CO)N1C[C@H](C)[C@H](CN(C)C)Oc2c(NC(=O)Nc3ccccc3)cccc2C1=O. The van der Waals surface area contributed by atoms with Crippen LogP contribution >= 0.6 is 0 Å². The molecule has 0 aliphatic carbocycles. The Morgan fingerprint density at radius 1 is 1.19 bits per heavy atom. The fourth-order valence-electron chi connectivity index (χ4n) is 3.73. The number of para-hydroxylation sites is 2. The van der Waals surface area contributed by atoms with Gasteiger partial charge in [-0.15, -0.1) is 0 Å². The summed E-state index contributed by atoms with van der Waals surface area (Å²) in [6.45, 7) is 4.82. The molecule has 172 valence electrons. The Kier molecular flexibility index (Phi) is 7.71. The second-order valence-corrected chi connectivity index (χ2v) is 8.51. The normalized spacial score (nSPS) is 19.4. The van der Waals surface area contributed by atoms with Crippen LogP contribution in [0.2, 0.25) is 0 Å². The number of amides is 3. The number of likely N-dealkylation sites (N-methyl/N-ethyl adjacent to an activating group) is 1. The van der Waals surface area contributed by atoms with Crippen molar-refractivity contribution < 1.29 is 19.4 Å². The summed E-state index contributed by atoms with van der Waals surface area (Å²) < 4.78 is 6.38. The van der Waals surface area contributed by atoms with Gasteiger partial charge >= 0.3 is 6.03 Å². The summed E-state index contributed by atoms with van der Waals surface area (Å²) in [6, 6.07) is 13.5. The van der Waals surface area contributed by atoms with Crippen molar-refractivity contribution in [2.75, 3.05) is 44.4 Å². The molecule has 0 aromatic heterocycles. The van der Waals surface area contributed by atoms with E-state index in [2.05, 4.69) is 10.6 Å². The van der Waals surface area contributed by atoms with Gasteiger partial charge in [-0.05, 0) is 45.3 Å². The van der Waals surface area contributed by atoms with Crippen LogP contribution in [0.15, 0.2) is 48.5 Å². The molecule has 1 heterocycles. The first-order chi connectivity index (χ1) is 15.3. The second-order valence-electron chi connectivity index (χ2n) is 8.51. The summed E-state index contributed by atoms with van der Waals surface area (Å²) >= 11 is 0. The van der Waals surface area contributed by atoms with Gasteiger partial charge in [0, 0.05) is 24.7 Å². The molecule has 3 amide bonds. The smallest absolute Gasteiger partial charge is 0.323 e. The summed E-state index contributed by atoms with van der Waals surface area (Å²) in [5, 5.41) is 15.3. The molecule has 3 atom stereocenters. The Balaban J connectivity index is 1.96. The van der Waals surface area contributed by atoms with Crippen molar-refractivity contribution in [1.29, 1.82) is 0 Å². The van der Waals surface area contributed by atoms with E-state index in [0.29, 0.717) is 35.8 Å². The lowest BCUT2D eigenvalue weighted by Crippen LogP contribution is -2.49. The highest BCUT2D eigenvalue weighted by Crippen LogP contribution is 2.35. The number of hydrogen-bond donors (Lipinski definition) is 3. The van der Waals surface area contributed by atoms with E-state index in [9.17, 15) is 14.7 Å². The highest BCUT2D eigenvalue weighted by Gasteiger charge is 2.34. The predicted molar refractivity (Wildman–Crippen MR) is 125 cm³/mol. The number of ether oxygens (including phenoxy) is 1. The zero-order valence-electron chi connectivity index (χ0n) is 19.0. The molecule has 8 nitrogen and oxygen atoms in total. The third-order valence-electron chi connectivity index (χ3n) is 5.52. The minimum absolute atomic E-state index is 0.00898. The van der Waals surface area contributed by atoms with Crippen LogP contribution in [-0.4, -0.2) is 72.8 Å². The Labute approximate surface area is 189 Å². The average Bonchev–Trinajstić information content (AvgIpc) is 2.76.